The zero-order valence-electron chi connectivity index (χ0n) is 11.0. The lowest BCUT2D eigenvalue weighted by atomic mass is 10.1. The summed E-state index contributed by atoms with van der Waals surface area (Å²) < 4.78 is 0. The van der Waals surface area contributed by atoms with Crippen LogP contribution in [0.4, 0.5) is 0 Å². The van der Waals surface area contributed by atoms with Crippen molar-refractivity contribution in [2.45, 2.75) is 24.3 Å². The van der Waals surface area contributed by atoms with Gasteiger partial charge in [-0.15, -0.1) is 0 Å². The van der Waals surface area contributed by atoms with E-state index in [2.05, 4.69) is 18.7 Å². The van der Waals surface area contributed by atoms with Crippen LogP contribution < -0.4 is 0 Å². The predicted octanol–water partition coefficient (Wildman–Crippen LogP) is 4.00. The Morgan fingerprint density at radius 3 is 2.58 bits per heavy atom. The van der Waals surface area contributed by atoms with Crippen molar-refractivity contribution in [2.24, 2.45) is 0 Å². The fourth-order valence-corrected chi connectivity index (χ4v) is 4.19. The van der Waals surface area contributed by atoms with E-state index < -0.39 is 0 Å². The van der Waals surface area contributed by atoms with Gasteiger partial charge >= 0.3 is 0 Å². The minimum Gasteiger partial charge on any atom is -0.294 e. The van der Waals surface area contributed by atoms with Gasteiger partial charge in [0.15, 0.2) is 5.78 Å². The van der Waals surface area contributed by atoms with Crippen molar-refractivity contribution >= 4 is 40.7 Å². The molecule has 0 aliphatic carbocycles. The van der Waals surface area contributed by atoms with E-state index in [1.165, 1.54) is 0 Å². The Bertz CT molecular complexity index is 471. The average molecular weight is 318 g/mol. The van der Waals surface area contributed by atoms with E-state index in [4.69, 9.17) is 23.2 Å². The topological polar surface area (TPSA) is 20.3 Å². The highest BCUT2D eigenvalue weighted by atomic mass is 35.5. The van der Waals surface area contributed by atoms with Gasteiger partial charge in [-0.2, -0.15) is 11.8 Å². The molecule has 104 valence electrons. The summed E-state index contributed by atoms with van der Waals surface area (Å²) in [4.78, 5) is 14.5. The first-order valence-electron chi connectivity index (χ1n) is 6.31. The van der Waals surface area contributed by atoms with Crippen molar-refractivity contribution in [1.29, 1.82) is 0 Å². The molecule has 19 heavy (non-hydrogen) atoms. The summed E-state index contributed by atoms with van der Waals surface area (Å²) in [5.41, 5.74) is 0.521. The van der Waals surface area contributed by atoms with Crippen LogP contribution in [0, 0.1) is 0 Å². The second-order valence-corrected chi connectivity index (χ2v) is 7.72. The maximum Gasteiger partial charge on any atom is 0.178 e. The highest BCUT2D eigenvalue weighted by Gasteiger charge is 2.24. The summed E-state index contributed by atoms with van der Waals surface area (Å²) in [5, 5.41) is 2.14. The first-order chi connectivity index (χ1) is 8.95. The van der Waals surface area contributed by atoms with Crippen molar-refractivity contribution < 1.29 is 4.79 Å². The summed E-state index contributed by atoms with van der Waals surface area (Å²) in [6, 6.07) is 5.02. The monoisotopic (exact) mass is 317 g/mol. The third-order valence-electron chi connectivity index (χ3n) is 3.09. The number of benzene rings is 1. The molecule has 0 spiro atoms. The normalized spacial score (nSPS) is 24.4. The summed E-state index contributed by atoms with van der Waals surface area (Å²) in [7, 11) is 0. The molecule has 0 N–H and O–H groups in total. The molecule has 1 aromatic carbocycles. The van der Waals surface area contributed by atoms with E-state index >= 15 is 0 Å². The Morgan fingerprint density at radius 1 is 1.32 bits per heavy atom. The molecule has 0 amide bonds. The molecular formula is C14H17Cl2NOS. The van der Waals surface area contributed by atoms with E-state index in [0.717, 1.165) is 13.1 Å². The Hall–Kier alpha value is -0.220. The minimum atomic E-state index is 0.0406. The van der Waals surface area contributed by atoms with Gasteiger partial charge in [-0.05, 0) is 18.2 Å². The van der Waals surface area contributed by atoms with Crippen LogP contribution in [0.15, 0.2) is 18.2 Å². The minimum absolute atomic E-state index is 0.0406. The molecule has 1 aliphatic rings. The third-order valence-corrected chi connectivity index (χ3v) is 4.88. The smallest absolute Gasteiger partial charge is 0.178 e. The number of nitrogens with zero attached hydrogens (tertiary/aromatic N) is 1. The molecule has 0 aromatic heterocycles. The van der Waals surface area contributed by atoms with E-state index in [-0.39, 0.29) is 5.78 Å². The number of hydrogen-bond acceptors (Lipinski definition) is 3. The highest BCUT2D eigenvalue weighted by Crippen LogP contribution is 2.26. The Kier molecular flexibility index (Phi) is 5.18. The average Bonchev–Trinajstić information content (AvgIpc) is 2.30. The van der Waals surface area contributed by atoms with Crippen LogP contribution in [0.1, 0.15) is 24.2 Å². The van der Waals surface area contributed by atoms with Gasteiger partial charge in [0.25, 0.3) is 0 Å². The molecule has 1 fully saturated rings. The molecule has 5 heteroatoms. The lowest BCUT2D eigenvalue weighted by Gasteiger charge is -2.34. The summed E-state index contributed by atoms with van der Waals surface area (Å²) in [6.07, 6.45) is 0. The van der Waals surface area contributed by atoms with Crippen molar-refractivity contribution in [3.8, 4) is 0 Å². The number of rotatable bonds is 3. The molecule has 2 nitrogen and oxygen atoms in total. The molecule has 0 saturated carbocycles. The van der Waals surface area contributed by atoms with Gasteiger partial charge in [0, 0.05) is 34.2 Å². The van der Waals surface area contributed by atoms with Crippen molar-refractivity contribution in [1.82, 2.24) is 4.90 Å². The molecular weight excluding hydrogens is 301 g/mol. The molecule has 0 bridgehead atoms. The van der Waals surface area contributed by atoms with E-state index in [0.29, 0.717) is 32.7 Å². The lowest BCUT2D eigenvalue weighted by molar-refractivity contribution is 0.0930. The summed E-state index contributed by atoms with van der Waals surface area (Å²) >= 11 is 14.0. The second kappa shape index (κ2) is 6.49. The number of hydrogen-bond donors (Lipinski definition) is 0. The third kappa shape index (κ3) is 4.12. The molecule has 2 atom stereocenters. The van der Waals surface area contributed by atoms with Crippen molar-refractivity contribution in [2.75, 3.05) is 19.6 Å². The van der Waals surface area contributed by atoms with Crippen LogP contribution in [-0.2, 0) is 0 Å². The van der Waals surface area contributed by atoms with Gasteiger partial charge < -0.3 is 0 Å². The van der Waals surface area contributed by atoms with Crippen molar-refractivity contribution in [3.05, 3.63) is 33.8 Å². The van der Waals surface area contributed by atoms with Crippen LogP contribution in [0.2, 0.25) is 10.0 Å². The predicted molar refractivity (Wildman–Crippen MR) is 83.7 cm³/mol. The Morgan fingerprint density at radius 2 is 1.95 bits per heavy atom. The molecule has 1 aromatic rings. The van der Waals surface area contributed by atoms with E-state index in [9.17, 15) is 4.79 Å². The van der Waals surface area contributed by atoms with Crippen LogP contribution in [0.5, 0.6) is 0 Å². The van der Waals surface area contributed by atoms with Crippen LogP contribution in [0.25, 0.3) is 0 Å². The number of carbonyl (C=O) groups excluding carboxylic acids is 1. The van der Waals surface area contributed by atoms with Gasteiger partial charge in [-0.1, -0.05) is 37.0 Å². The zero-order chi connectivity index (χ0) is 14.0. The molecule has 1 aliphatic heterocycles. The highest BCUT2D eigenvalue weighted by molar-refractivity contribution is 8.00. The number of ketones is 1. The summed E-state index contributed by atoms with van der Waals surface area (Å²) in [5.74, 6) is 0.0406. The van der Waals surface area contributed by atoms with Crippen LogP contribution in [0.3, 0.4) is 0 Å². The molecule has 1 heterocycles. The largest absolute Gasteiger partial charge is 0.294 e. The van der Waals surface area contributed by atoms with Crippen LogP contribution in [-0.4, -0.2) is 40.8 Å². The van der Waals surface area contributed by atoms with Gasteiger partial charge in [0.05, 0.1) is 11.6 Å². The van der Waals surface area contributed by atoms with Gasteiger partial charge in [-0.25, -0.2) is 0 Å². The maximum absolute atomic E-state index is 12.3. The Balaban J connectivity index is 2.06. The van der Waals surface area contributed by atoms with Gasteiger partial charge in [0.1, 0.15) is 0 Å². The molecule has 1 saturated heterocycles. The first-order valence-corrected chi connectivity index (χ1v) is 8.01. The first kappa shape index (κ1) is 15.2. The number of halogens is 2. The molecule has 2 rings (SSSR count). The second-order valence-electron chi connectivity index (χ2n) is 5.00. The lowest BCUT2D eigenvalue weighted by Crippen LogP contribution is -2.43. The molecule has 2 unspecified atom stereocenters. The van der Waals surface area contributed by atoms with Crippen LogP contribution >= 0.6 is 35.0 Å². The zero-order valence-corrected chi connectivity index (χ0v) is 13.4. The maximum atomic E-state index is 12.3. The van der Waals surface area contributed by atoms with E-state index in [1.54, 1.807) is 18.2 Å². The SMILES string of the molecule is CC1CN(CC(=O)c2cc(Cl)ccc2Cl)CC(C)S1. The van der Waals surface area contributed by atoms with Crippen molar-refractivity contribution in [3.63, 3.8) is 0 Å². The fraction of sp³-hybridized carbons (Fsp3) is 0.500. The number of thioether (sulfide) groups is 1. The van der Waals surface area contributed by atoms with E-state index in [1.807, 2.05) is 11.8 Å². The van der Waals surface area contributed by atoms with Gasteiger partial charge in [-0.3, -0.25) is 9.69 Å². The quantitative estimate of drug-likeness (QED) is 0.786. The molecule has 0 radical (unpaired) electrons. The standard InChI is InChI=1S/C14H17Cl2NOS/c1-9-6-17(7-10(2)19-9)8-14(18)12-5-11(15)3-4-13(12)16/h3-5,9-10H,6-8H2,1-2H3. The Labute approximate surface area is 128 Å². The van der Waals surface area contributed by atoms with Gasteiger partial charge in [0.2, 0.25) is 0 Å². The fourth-order valence-electron chi connectivity index (χ4n) is 2.41. The summed E-state index contributed by atoms with van der Waals surface area (Å²) in [6.45, 7) is 6.70. The number of carbonyl (C=O) groups is 1. The number of Topliss-reactive ketones (excluding diaryl/α,β-unsaturated/α-hetero) is 1.